The maximum absolute atomic E-state index is 11.9. The fourth-order valence-electron chi connectivity index (χ4n) is 9.96. The molecule has 3 saturated carbocycles. The third-order valence-corrected chi connectivity index (χ3v) is 11.8. The molecule has 0 aromatic carbocycles. The third-order valence-electron chi connectivity index (χ3n) is 11.8. The van der Waals surface area contributed by atoms with E-state index in [4.69, 9.17) is 9.47 Å². The van der Waals surface area contributed by atoms with Crippen molar-refractivity contribution in [2.75, 3.05) is 6.54 Å². The molecule has 5 nitrogen and oxygen atoms in total. The number of nitrogens with one attached hydrogen (secondary N) is 1. The van der Waals surface area contributed by atoms with E-state index in [0.29, 0.717) is 29.6 Å². The maximum atomic E-state index is 11.9. The molecule has 1 amide bonds. The Balaban J connectivity index is 1.31. The van der Waals surface area contributed by atoms with Crippen LogP contribution in [0.5, 0.6) is 0 Å². The van der Waals surface area contributed by atoms with Gasteiger partial charge < -0.3 is 14.8 Å². The molecule has 5 heteroatoms. The van der Waals surface area contributed by atoms with Gasteiger partial charge in [-0.2, -0.15) is 0 Å². The highest BCUT2D eigenvalue weighted by atomic mass is 16.5. The maximum Gasteiger partial charge on any atom is 0.305 e. The van der Waals surface area contributed by atoms with E-state index in [9.17, 15) is 9.59 Å². The lowest BCUT2D eigenvalue weighted by Crippen LogP contribution is -2.50. The number of hydrogen-bond acceptors (Lipinski definition) is 4. The minimum absolute atomic E-state index is 0.0486. The molecule has 9 atom stereocenters. The van der Waals surface area contributed by atoms with Gasteiger partial charge in [0.05, 0.1) is 5.76 Å². The molecule has 0 aromatic rings. The summed E-state index contributed by atoms with van der Waals surface area (Å²) in [6.45, 7) is 16.3. The summed E-state index contributed by atoms with van der Waals surface area (Å²) in [7, 11) is 0. The Kier molecular flexibility index (Phi) is 7.31. The molecule has 5 aliphatic rings. The van der Waals surface area contributed by atoms with Crippen LogP contribution >= 0.6 is 0 Å². The van der Waals surface area contributed by atoms with Crippen LogP contribution in [0.4, 0.5) is 0 Å². The smallest absolute Gasteiger partial charge is 0.305 e. The van der Waals surface area contributed by atoms with E-state index < -0.39 is 0 Å². The minimum atomic E-state index is -0.0918. The molecule has 1 N–H and O–H groups in total. The number of amides is 1. The summed E-state index contributed by atoms with van der Waals surface area (Å²) < 4.78 is 12.7. The number of fused-ring (bicyclic) bond motifs is 7. The fraction of sp³-hybridized carbons (Fsp3) is 0.818. The van der Waals surface area contributed by atoms with E-state index >= 15 is 0 Å². The van der Waals surface area contributed by atoms with Crippen molar-refractivity contribution < 1.29 is 19.1 Å². The monoisotopic (exact) mass is 525 g/mol. The molecule has 0 unspecified atom stereocenters. The Morgan fingerprint density at radius 1 is 1.18 bits per heavy atom. The predicted octanol–water partition coefficient (Wildman–Crippen LogP) is 7.11. The second kappa shape index (κ2) is 10.0. The predicted molar refractivity (Wildman–Crippen MR) is 150 cm³/mol. The summed E-state index contributed by atoms with van der Waals surface area (Å²) >= 11 is 0. The van der Waals surface area contributed by atoms with Crippen molar-refractivity contribution in [3.05, 3.63) is 23.0 Å². The normalized spacial score (nSPS) is 42.2. The van der Waals surface area contributed by atoms with Crippen molar-refractivity contribution in [2.24, 2.45) is 40.4 Å². The van der Waals surface area contributed by atoms with Crippen molar-refractivity contribution in [1.29, 1.82) is 0 Å². The van der Waals surface area contributed by atoms with Crippen molar-refractivity contribution in [3.63, 3.8) is 0 Å². The number of carbonyl (C=O) groups excluding carboxylic acids is 2. The quantitative estimate of drug-likeness (QED) is 0.284. The zero-order valence-electron chi connectivity index (χ0n) is 25.0. The summed E-state index contributed by atoms with van der Waals surface area (Å²) in [4.78, 5) is 23.2. The Morgan fingerprint density at radius 3 is 2.66 bits per heavy atom. The lowest BCUT2D eigenvalue weighted by atomic mass is 9.47. The SMILES string of the molecule is CCC(=O)O[C@H]1CC[C@@]2(C)C(=CC[C@@H]3[C@H]4C[C@@]5(C)OC(CC[C@H](C)CNC(C)=O)=C(C)[C@H]5[C@@]4(C)CC[C@H]32)C1. The van der Waals surface area contributed by atoms with Crippen LogP contribution < -0.4 is 5.32 Å². The van der Waals surface area contributed by atoms with Gasteiger partial charge in [-0.15, -0.1) is 0 Å². The topological polar surface area (TPSA) is 64.6 Å². The molecule has 1 aliphatic heterocycles. The van der Waals surface area contributed by atoms with Crippen molar-refractivity contribution >= 4 is 11.9 Å². The molecule has 4 aliphatic carbocycles. The van der Waals surface area contributed by atoms with Gasteiger partial charge in [-0.3, -0.25) is 9.59 Å². The van der Waals surface area contributed by atoms with E-state index in [2.05, 4.69) is 46.0 Å². The Hall–Kier alpha value is -1.78. The van der Waals surface area contributed by atoms with Gasteiger partial charge >= 0.3 is 5.97 Å². The Labute approximate surface area is 230 Å². The first kappa shape index (κ1) is 27.8. The first-order valence-electron chi connectivity index (χ1n) is 15.4. The highest BCUT2D eigenvalue weighted by Gasteiger charge is 2.67. The number of ether oxygens (including phenoxy) is 2. The molecular weight excluding hydrogens is 474 g/mol. The molecular formula is C33H51NO4. The van der Waals surface area contributed by atoms with Crippen LogP contribution in [0.3, 0.4) is 0 Å². The largest absolute Gasteiger partial charge is 0.491 e. The van der Waals surface area contributed by atoms with Gasteiger partial charge in [-0.1, -0.05) is 39.3 Å². The number of esters is 1. The number of allylic oxidation sites excluding steroid dienone is 2. The number of carbonyl (C=O) groups is 2. The van der Waals surface area contributed by atoms with Crippen molar-refractivity contribution in [1.82, 2.24) is 5.32 Å². The van der Waals surface area contributed by atoms with Gasteiger partial charge in [0.15, 0.2) is 0 Å². The lowest BCUT2D eigenvalue weighted by Gasteiger charge is -2.58. The number of hydrogen-bond donors (Lipinski definition) is 1. The van der Waals surface area contributed by atoms with Gasteiger partial charge in [0.1, 0.15) is 11.7 Å². The van der Waals surface area contributed by atoms with Crippen LogP contribution in [-0.4, -0.2) is 30.1 Å². The van der Waals surface area contributed by atoms with Crippen LogP contribution in [-0.2, 0) is 19.1 Å². The zero-order valence-corrected chi connectivity index (χ0v) is 25.0. The first-order valence-corrected chi connectivity index (χ1v) is 15.4. The number of rotatable bonds is 7. The average molecular weight is 526 g/mol. The van der Waals surface area contributed by atoms with Crippen LogP contribution in [0, 0.1) is 40.4 Å². The Morgan fingerprint density at radius 2 is 1.95 bits per heavy atom. The highest BCUT2D eigenvalue weighted by Crippen LogP contribution is 2.71. The minimum Gasteiger partial charge on any atom is -0.491 e. The van der Waals surface area contributed by atoms with Crippen LogP contribution in [0.15, 0.2) is 23.0 Å². The van der Waals surface area contributed by atoms with E-state index in [1.54, 1.807) is 12.5 Å². The molecule has 0 spiro atoms. The first-order chi connectivity index (χ1) is 17.9. The summed E-state index contributed by atoms with van der Waals surface area (Å²) in [5, 5.41) is 2.96. The second-order valence-electron chi connectivity index (χ2n) is 14.3. The van der Waals surface area contributed by atoms with Crippen LogP contribution in [0.25, 0.3) is 0 Å². The van der Waals surface area contributed by atoms with E-state index in [1.807, 2.05) is 6.92 Å². The standard InChI is InChI=1S/C33H51NO4/c1-8-29(36)37-24-13-15-31(5)23(17-24)10-11-25-26(31)14-16-32(6)27(25)18-33(7)30(32)21(3)28(38-33)12-9-20(2)19-34-22(4)35/h10,20,24-27,30H,8-9,11-19H2,1-7H3,(H,34,35)/t20-,24-,25-,26+,27+,30-,31-,32-,33+/m0/s1. The van der Waals surface area contributed by atoms with Gasteiger partial charge in [-0.25, -0.2) is 0 Å². The van der Waals surface area contributed by atoms with Crippen molar-refractivity contribution in [2.45, 2.75) is 124 Å². The van der Waals surface area contributed by atoms with E-state index in [0.717, 1.165) is 56.9 Å². The molecule has 1 heterocycles. The molecule has 0 bridgehead atoms. The second-order valence-corrected chi connectivity index (χ2v) is 14.3. The van der Waals surface area contributed by atoms with Crippen LogP contribution in [0.2, 0.25) is 0 Å². The molecule has 0 radical (unpaired) electrons. The lowest BCUT2D eigenvalue weighted by molar-refractivity contribution is -0.151. The zero-order chi connectivity index (χ0) is 27.5. The summed E-state index contributed by atoms with van der Waals surface area (Å²) in [5.41, 5.74) is 3.51. The van der Waals surface area contributed by atoms with Gasteiger partial charge in [0, 0.05) is 38.6 Å². The highest BCUT2D eigenvalue weighted by molar-refractivity contribution is 5.72. The fourth-order valence-corrected chi connectivity index (χ4v) is 9.96. The van der Waals surface area contributed by atoms with Crippen LogP contribution in [0.1, 0.15) is 113 Å². The molecule has 212 valence electrons. The third kappa shape index (κ3) is 4.54. The average Bonchev–Trinajstić information content (AvgIpc) is 3.27. The molecule has 0 saturated heterocycles. The summed E-state index contributed by atoms with van der Waals surface area (Å²) in [5.74, 6) is 4.30. The molecule has 3 fully saturated rings. The molecule has 0 aromatic heterocycles. The Bertz CT molecular complexity index is 1030. The van der Waals surface area contributed by atoms with Gasteiger partial charge in [0.2, 0.25) is 5.91 Å². The molecule has 38 heavy (non-hydrogen) atoms. The van der Waals surface area contributed by atoms with Gasteiger partial charge in [0.25, 0.3) is 0 Å². The molecule has 5 rings (SSSR count). The van der Waals surface area contributed by atoms with Crippen molar-refractivity contribution in [3.8, 4) is 0 Å². The van der Waals surface area contributed by atoms with E-state index in [-0.39, 0.29) is 29.0 Å². The summed E-state index contributed by atoms with van der Waals surface area (Å²) in [6.07, 6.45) is 13.1. The summed E-state index contributed by atoms with van der Waals surface area (Å²) in [6, 6.07) is 0. The van der Waals surface area contributed by atoms with E-state index in [1.165, 1.54) is 30.6 Å². The van der Waals surface area contributed by atoms with Gasteiger partial charge in [-0.05, 0) is 98.9 Å².